The molecule has 1 saturated heterocycles. The third-order valence-electron chi connectivity index (χ3n) is 4.93. The fourth-order valence-electron chi connectivity index (χ4n) is 3.29. The smallest absolute Gasteiger partial charge is 0.307 e. The molecule has 0 spiro atoms. The summed E-state index contributed by atoms with van der Waals surface area (Å²) in [4.78, 5) is 18.2. The van der Waals surface area contributed by atoms with E-state index in [9.17, 15) is 10.1 Å². The zero-order valence-corrected chi connectivity index (χ0v) is 15.4. The van der Waals surface area contributed by atoms with Crippen molar-refractivity contribution in [2.45, 2.75) is 44.4 Å². The highest BCUT2D eigenvalue weighted by atomic mass is 16.5. The lowest BCUT2D eigenvalue weighted by molar-refractivity contribution is 0.0904. The Hall–Kier alpha value is -3.52. The second-order valence-corrected chi connectivity index (χ2v) is 7.18. The van der Waals surface area contributed by atoms with Gasteiger partial charge in [0.15, 0.2) is 12.0 Å². The SMILES string of the molecule is C[C@@H]1C[C@@H](NC(=O)c2ncc(-c3cc(C#N)ccc3OC3CC3)o2)CN1C#N. The second kappa shape index (κ2) is 7.24. The molecule has 2 atom stereocenters. The van der Waals surface area contributed by atoms with Crippen LogP contribution in [0.15, 0.2) is 28.8 Å². The summed E-state index contributed by atoms with van der Waals surface area (Å²) in [6, 6.07) is 7.15. The average molecular weight is 377 g/mol. The van der Waals surface area contributed by atoms with Crippen LogP contribution >= 0.6 is 0 Å². The highest BCUT2D eigenvalue weighted by Crippen LogP contribution is 2.36. The minimum atomic E-state index is -0.427. The van der Waals surface area contributed by atoms with Crippen LogP contribution in [0, 0.1) is 22.8 Å². The molecule has 1 aliphatic heterocycles. The summed E-state index contributed by atoms with van der Waals surface area (Å²) in [6.45, 7) is 2.42. The van der Waals surface area contributed by atoms with Gasteiger partial charge < -0.3 is 19.4 Å². The molecule has 1 aromatic heterocycles. The van der Waals surface area contributed by atoms with Crippen LogP contribution in [0.25, 0.3) is 11.3 Å². The van der Waals surface area contributed by atoms with Gasteiger partial charge in [-0.2, -0.15) is 10.5 Å². The number of carbonyl (C=O) groups excluding carboxylic acids is 1. The summed E-state index contributed by atoms with van der Waals surface area (Å²) in [5.74, 6) is 0.498. The van der Waals surface area contributed by atoms with Gasteiger partial charge in [0.25, 0.3) is 5.89 Å². The Morgan fingerprint density at radius 2 is 2.21 bits per heavy atom. The third kappa shape index (κ3) is 3.63. The molecule has 1 aliphatic carbocycles. The maximum Gasteiger partial charge on any atom is 0.307 e. The molecule has 2 fully saturated rings. The van der Waals surface area contributed by atoms with Crippen LogP contribution in [0.3, 0.4) is 0 Å². The highest BCUT2D eigenvalue weighted by Gasteiger charge is 2.31. The van der Waals surface area contributed by atoms with Gasteiger partial charge in [-0.15, -0.1) is 0 Å². The van der Waals surface area contributed by atoms with Gasteiger partial charge >= 0.3 is 5.91 Å². The molecule has 0 bridgehead atoms. The Kier molecular flexibility index (Phi) is 4.62. The normalized spacial score (nSPS) is 21.0. The molecule has 1 N–H and O–H groups in total. The molecule has 8 heteroatoms. The number of oxazole rings is 1. The first-order chi connectivity index (χ1) is 13.6. The topological polar surface area (TPSA) is 115 Å². The highest BCUT2D eigenvalue weighted by molar-refractivity contribution is 5.90. The summed E-state index contributed by atoms with van der Waals surface area (Å²) in [5, 5.41) is 21.1. The first-order valence-corrected chi connectivity index (χ1v) is 9.21. The molecule has 2 heterocycles. The standard InChI is InChI=1S/C20H19N5O3/c1-12-6-14(10-25(12)11-22)24-19(26)20-23-9-18(28-20)16-7-13(8-21)2-5-17(16)27-15-3-4-15/h2,5,7,9,12,14-15H,3-4,6,10H2,1H3,(H,24,26)/t12-,14-/m1/s1. The van der Waals surface area contributed by atoms with Crippen molar-refractivity contribution in [1.29, 1.82) is 10.5 Å². The van der Waals surface area contributed by atoms with Crippen LogP contribution in [0.4, 0.5) is 0 Å². The van der Waals surface area contributed by atoms with Gasteiger partial charge in [0.1, 0.15) is 5.75 Å². The van der Waals surface area contributed by atoms with Crippen LogP contribution in [0.2, 0.25) is 0 Å². The number of ether oxygens (including phenoxy) is 1. The molecule has 1 amide bonds. The maximum absolute atomic E-state index is 12.5. The van der Waals surface area contributed by atoms with E-state index in [-0.39, 0.29) is 24.1 Å². The molecule has 1 saturated carbocycles. The van der Waals surface area contributed by atoms with Gasteiger partial charge in [-0.25, -0.2) is 4.98 Å². The number of rotatable bonds is 5. The second-order valence-electron chi connectivity index (χ2n) is 7.18. The number of nitrogens with one attached hydrogen (secondary N) is 1. The Morgan fingerprint density at radius 1 is 1.39 bits per heavy atom. The van der Waals surface area contributed by atoms with Crippen LogP contribution in [-0.4, -0.2) is 40.5 Å². The number of carbonyl (C=O) groups is 1. The van der Waals surface area contributed by atoms with Crippen molar-refractivity contribution >= 4 is 5.91 Å². The molecule has 28 heavy (non-hydrogen) atoms. The van der Waals surface area contributed by atoms with E-state index in [4.69, 9.17) is 14.4 Å². The van der Waals surface area contributed by atoms with Crippen molar-refractivity contribution in [2.24, 2.45) is 0 Å². The summed E-state index contributed by atoms with van der Waals surface area (Å²) in [7, 11) is 0. The van der Waals surface area contributed by atoms with Crippen molar-refractivity contribution in [3.63, 3.8) is 0 Å². The Balaban J connectivity index is 1.52. The minimum Gasteiger partial charge on any atom is -0.490 e. The van der Waals surface area contributed by atoms with E-state index < -0.39 is 5.91 Å². The van der Waals surface area contributed by atoms with Crippen LogP contribution in [0.1, 0.15) is 42.4 Å². The van der Waals surface area contributed by atoms with E-state index in [2.05, 4.69) is 22.6 Å². The molecule has 0 unspecified atom stereocenters. The average Bonchev–Trinajstić information content (AvgIpc) is 3.24. The molecular weight excluding hydrogens is 358 g/mol. The van der Waals surface area contributed by atoms with E-state index in [1.165, 1.54) is 6.20 Å². The summed E-state index contributed by atoms with van der Waals surface area (Å²) >= 11 is 0. The molecule has 2 aromatic rings. The van der Waals surface area contributed by atoms with Gasteiger partial charge in [-0.1, -0.05) is 0 Å². The lowest BCUT2D eigenvalue weighted by atomic mass is 10.1. The number of benzene rings is 1. The molecule has 8 nitrogen and oxygen atoms in total. The number of aromatic nitrogens is 1. The summed E-state index contributed by atoms with van der Waals surface area (Å²) in [5.41, 5.74) is 1.07. The predicted octanol–water partition coefficient (Wildman–Crippen LogP) is 2.43. The fourth-order valence-corrected chi connectivity index (χ4v) is 3.29. The van der Waals surface area contributed by atoms with E-state index >= 15 is 0 Å². The number of likely N-dealkylation sites (tertiary alicyclic amines) is 1. The summed E-state index contributed by atoms with van der Waals surface area (Å²) in [6.07, 6.45) is 6.47. The Morgan fingerprint density at radius 3 is 2.89 bits per heavy atom. The van der Waals surface area contributed by atoms with Crippen molar-refractivity contribution in [1.82, 2.24) is 15.2 Å². The van der Waals surface area contributed by atoms with Gasteiger partial charge in [0.05, 0.1) is 29.5 Å². The van der Waals surface area contributed by atoms with Crippen LogP contribution in [-0.2, 0) is 0 Å². The first kappa shape index (κ1) is 17.9. The van der Waals surface area contributed by atoms with Gasteiger partial charge in [0.2, 0.25) is 0 Å². The monoisotopic (exact) mass is 377 g/mol. The van der Waals surface area contributed by atoms with E-state index in [1.54, 1.807) is 23.1 Å². The zero-order chi connectivity index (χ0) is 19.7. The van der Waals surface area contributed by atoms with E-state index in [0.717, 1.165) is 12.8 Å². The summed E-state index contributed by atoms with van der Waals surface area (Å²) < 4.78 is 11.6. The molecule has 2 aliphatic rings. The molecule has 4 rings (SSSR count). The lowest BCUT2D eigenvalue weighted by Crippen LogP contribution is -2.36. The third-order valence-corrected chi connectivity index (χ3v) is 4.93. The van der Waals surface area contributed by atoms with Crippen LogP contribution < -0.4 is 10.1 Å². The predicted molar refractivity (Wildman–Crippen MR) is 98.0 cm³/mol. The first-order valence-electron chi connectivity index (χ1n) is 9.21. The number of amides is 1. The van der Waals surface area contributed by atoms with Gasteiger partial charge in [0, 0.05) is 18.6 Å². The van der Waals surface area contributed by atoms with Gasteiger partial charge in [-0.05, 0) is 44.4 Å². The number of nitrogens with zero attached hydrogens (tertiary/aromatic N) is 4. The Labute approximate surface area is 162 Å². The van der Waals surface area contributed by atoms with Crippen molar-refractivity contribution < 1.29 is 13.9 Å². The molecule has 1 aromatic carbocycles. The van der Waals surface area contributed by atoms with Crippen molar-refractivity contribution in [2.75, 3.05) is 6.54 Å². The minimum absolute atomic E-state index is 0.0576. The fraction of sp³-hybridized carbons (Fsp3) is 0.400. The van der Waals surface area contributed by atoms with Crippen LogP contribution in [0.5, 0.6) is 5.75 Å². The van der Waals surface area contributed by atoms with Crippen molar-refractivity contribution in [3.8, 4) is 29.3 Å². The number of hydrogen-bond donors (Lipinski definition) is 1. The number of nitriles is 2. The maximum atomic E-state index is 12.5. The van der Waals surface area contributed by atoms with Crippen molar-refractivity contribution in [3.05, 3.63) is 35.9 Å². The largest absolute Gasteiger partial charge is 0.490 e. The Bertz CT molecular complexity index is 982. The molecular formula is C20H19N5O3. The molecule has 142 valence electrons. The zero-order valence-electron chi connectivity index (χ0n) is 15.4. The van der Waals surface area contributed by atoms with E-state index in [0.29, 0.717) is 35.6 Å². The number of hydrogen-bond acceptors (Lipinski definition) is 7. The van der Waals surface area contributed by atoms with Gasteiger partial charge in [-0.3, -0.25) is 4.79 Å². The quantitative estimate of drug-likeness (QED) is 0.796. The van der Waals surface area contributed by atoms with E-state index in [1.807, 2.05) is 6.92 Å². The molecule has 0 radical (unpaired) electrons. The lowest BCUT2D eigenvalue weighted by Gasteiger charge is -2.11.